The predicted octanol–water partition coefficient (Wildman–Crippen LogP) is 2.99. The third-order valence-electron chi connectivity index (χ3n) is 2.77. The Bertz CT molecular complexity index is 571. The van der Waals surface area contributed by atoms with Crippen LogP contribution in [0.4, 0.5) is 4.39 Å². The largest absolute Gasteiger partial charge is 0.339 e. The van der Waals surface area contributed by atoms with Gasteiger partial charge in [-0.05, 0) is 17.7 Å². The lowest BCUT2D eigenvalue weighted by Gasteiger charge is -2.04. The molecule has 1 aromatic carbocycles. The molecule has 0 radical (unpaired) electrons. The summed E-state index contributed by atoms with van der Waals surface area (Å²) in [5.74, 6) is 0.789. The van der Waals surface area contributed by atoms with Crippen LogP contribution >= 0.6 is 11.6 Å². The molecule has 0 unspecified atom stereocenters. The second kappa shape index (κ2) is 6.81. The van der Waals surface area contributed by atoms with E-state index >= 15 is 0 Å². The summed E-state index contributed by atoms with van der Waals surface area (Å²) >= 11 is 5.97. The molecule has 0 bridgehead atoms. The van der Waals surface area contributed by atoms with E-state index in [0.29, 0.717) is 35.6 Å². The van der Waals surface area contributed by atoms with Gasteiger partial charge in [0.25, 0.3) is 0 Å². The molecule has 0 aliphatic rings. The fourth-order valence-electron chi connectivity index (χ4n) is 1.77. The highest BCUT2D eigenvalue weighted by molar-refractivity contribution is 6.31. The second-order valence-corrected chi connectivity index (χ2v) is 5.28. The smallest absolute Gasteiger partial charge is 0.227 e. The molecule has 1 heterocycles. The zero-order valence-corrected chi connectivity index (χ0v) is 12.2. The quantitative estimate of drug-likeness (QED) is 0.890. The van der Waals surface area contributed by atoms with Crippen molar-refractivity contribution in [2.24, 2.45) is 0 Å². The topological polar surface area (TPSA) is 51.0 Å². The van der Waals surface area contributed by atoms with Crippen molar-refractivity contribution in [3.8, 4) is 0 Å². The molecule has 6 heteroatoms. The Balaban J connectivity index is 1.95. The maximum atomic E-state index is 13.0. The predicted molar refractivity (Wildman–Crippen MR) is 75.4 cm³/mol. The third-order valence-corrected chi connectivity index (χ3v) is 3.12. The average molecular weight is 298 g/mol. The molecule has 0 aliphatic carbocycles. The zero-order valence-electron chi connectivity index (χ0n) is 11.5. The van der Waals surface area contributed by atoms with Crippen LogP contribution in [0.3, 0.4) is 0 Å². The first-order valence-electron chi connectivity index (χ1n) is 6.53. The highest BCUT2D eigenvalue weighted by Gasteiger charge is 2.10. The number of hydrogen-bond donors (Lipinski definition) is 1. The number of nitrogens with one attached hydrogen (secondary N) is 1. The molecule has 0 saturated heterocycles. The molecule has 2 rings (SSSR count). The number of rotatable bonds is 6. The van der Waals surface area contributed by atoms with E-state index < -0.39 is 0 Å². The van der Waals surface area contributed by atoms with Crippen LogP contribution in [0.5, 0.6) is 0 Å². The molecule has 0 saturated carbocycles. The van der Waals surface area contributed by atoms with E-state index in [1.54, 1.807) is 6.07 Å². The monoisotopic (exact) mass is 297 g/mol. The first-order chi connectivity index (χ1) is 9.54. The Morgan fingerprint density at radius 1 is 1.40 bits per heavy atom. The van der Waals surface area contributed by atoms with Crippen molar-refractivity contribution in [3.63, 3.8) is 0 Å². The summed E-state index contributed by atoms with van der Waals surface area (Å²) in [6.07, 6.45) is 1.11. The molecule has 0 fully saturated rings. The van der Waals surface area contributed by atoms with E-state index in [-0.39, 0.29) is 5.82 Å². The maximum absolute atomic E-state index is 13.0. The van der Waals surface area contributed by atoms with Crippen LogP contribution in [0.15, 0.2) is 22.7 Å². The van der Waals surface area contributed by atoms with Crippen molar-refractivity contribution in [2.45, 2.75) is 32.7 Å². The molecule has 20 heavy (non-hydrogen) atoms. The Kier molecular flexibility index (Phi) is 5.09. The first-order valence-corrected chi connectivity index (χ1v) is 6.91. The van der Waals surface area contributed by atoms with Crippen LogP contribution < -0.4 is 5.32 Å². The zero-order chi connectivity index (χ0) is 14.5. The fourth-order valence-corrected chi connectivity index (χ4v) is 2.00. The van der Waals surface area contributed by atoms with Crippen LogP contribution in [0.1, 0.15) is 31.1 Å². The van der Waals surface area contributed by atoms with Crippen molar-refractivity contribution in [2.75, 3.05) is 6.54 Å². The van der Waals surface area contributed by atoms with Crippen molar-refractivity contribution in [1.29, 1.82) is 0 Å². The van der Waals surface area contributed by atoms with Crippen LogP contribution in [0.2, 0.25) is 5.02 Å². The van der Waals surface area contributed by atoms with E-state index in [1.807, 2.05) is 0 Å². The Morgan fingerprint density at radius 2 is 2.20 bits per heavy atom. The van der Waals surface area contributed by atoms with Gasteiger partial charge in [-0.2, -0.15) is 4.98 Å². The van der Waals surface area contributed by atoms with Crippen LogP contribution in [0, 0.1) is 5.82 Å². The van der Waals surface area contributed by atoms with Gasteiger partial charge in [0.2, 0.25) is 5.89 Å². The van der Waals surface area contributed by atoms with E-state index in [0.717, 1.165) is 12.1 Å². The van der Waals surface area contributed by atoms with Crippen LogP contribution in [-0.2, 0) is 12.8 Å². The molecule has 0 spiro atoms. The molecule has 1 aromatic heterocycles. The van der Waals surface area contributed by atoms with Gasteiger partial charge in [-0.15, -0.1) is 0 Å². The third kappa shape index (κ3) is 4.28. The minimum atomic E-state index is -0.354. The van der Waals surface area contributed by atoms with Crippen molar-refractivity contribution < 1.29 is 8.91 Å². The Labute approximate surface area is 122 Å². The number of benzene rings is 1. The highest BCUT2D eigenvalue weighted by Crippen LogP contribution is 2.19. The van der Waals surface area contributed by atoms with Gasteiger partial charge in [-0.1, -0.05) is 36.7 Å². The van der Waals surface area contributed by atoms with Gasteiger partial charge in [0.15, 0.2) is 5.82 Å². The van der Waals surface area contributed by atoms with Gasteiger partial charge in [-0.3, -0.25) is 0 Å². The van der Waals surface area contributed by atoms with Gasteiger partial charge >= 0.3 is 0 Å². The van der Waals surface area contributed by atoms with E-state index in [9.17, 15) is 4.39 Å². The summed E-state index contributed by atoms with van der Waals surface area (Å²) < 4.78 is 18.1. The van der Waals surface area contributed by atoms with Crippen LogP contribution in [-0.4, -0.2) is 22.7 Å². The molecule has 0 amide bonds. The molecular weight excluding hydrogens is 281 g/mol. The van der Waals surface area contributed by atoms with E-state index in [4.69, 9.17) is 16.1 Å². The molecule has 108 valence electrons. The fraction of sp³-hybridized carbons (Fsp3) is 0.429. The number of hydrogen-bond acceptors (Lipinski definition) is 4. The lowest BCUT2D eigenvalue weighted by molar-refractivity contribution is 0.369. The summed E-state index contributed by atoms with van der Waals surface area (Å²) in [5.41, 5.74) is 0.778. The lowest BCUT2D eigenvalue weighted by Crippen LogP contribution is -2.25. The average Bonchev–Trinajstić information content (AvgIpc) is 2.80. The molecule has 1 N–H and O–H groups in total. The van der Waals surface area contributed by atoms with E-state index in [2.05, 4.69) is 29.3 Å². The molecule has 4 nitrogen and oxygen atoms in total. The molecule has 0 aliphatic heterocycles. The maximum Gasteiger partial charge on any atom is 0.227 e. The Morgan fingerprint density at radius 3 is 2.90 bits per heavy atom. The number of nitrogens with zero attached hydrogens (tertiary/aromatic N) is 2. The summed E-state index contributed by atoms with van der Waals surface area (Å²) in [7, 11) is 0. The highest BCUT2D eigenvalue weighted by atomic mass is 35.5. The first kappa shape index (κ1) is 14.9. The van der Waals surface area contributed by atoms with Crippen molar-refractivity contribution >= 4 is 11.6 Å². The van der Waals surface area contributed by atoms with Gasteiger partial charge in [-0.25, -0.2) is 4.39 Å². The molecular formula is C14H17ClFN3O. The summed E-state index contributed by atoms with van der Waals surface area (Å²) in [5, 5.41) is 7.56. The van der Waals surface area contributed by atoms with E-state index in [1.165, 1.54) is 12.1 Å². The second-order valence-electron chi connectivity index (χ2n) is 4.88. The Hall–Kier alpha value is -1.46. The SMILES string of the molecule is CC(C)NCCc1nc(Cc2ccc(F)cc2Cl)no1. The summed E-state index contributed by atoms with van der Waals surface area (Å²) in [4.78, 5) is 4.30. The van der Waals surface area contributed by atoms with Gasteiger partial charge in [0.05, 0.1) is 0 Å². The standard InChI is InChI=1S/C14H17ClFN3O/c1-9(2)17-6-5-14-18-13(19-20-14)7-10-3-4-11(16)8-12(10)15/h3-4,8-9,17H,5-7H2,1-2H3. The molecule has 0 atom stereocenters. The van der Waals surface area contributed by atoms with Gasteiger partial charge in [0.1, 0.15) is 5.82 Å². The van der Waals surface area contributed by atoms with Gasteiger partial charge < -0.3 is 9.84 Å². The van der Waals surface area contributed by atoms with Gasteiger partial charge in [0, 0.05) is 30.5 Å². The number of halogens is 2. The molecule has 2 aromatic rings. The van der Waals surface area contributed by atoms with Crippen molar-refractivity contribution in [1.82, 2.24) is 15.5 Å². The summed E-state index contributed by atoms with van der Waals surface area (Å²) in [6, 6.07) is 4.71. The van der Waals surface area contributed by atoms with Crippen molar-refractivity contribution in [3.05, 3.63) is 46.3 Å². The summed E-state index contributed by atoms with van der Waals surface area (Å²) in [6.45, 7) is 4.95. The minimum Gasteiger partial charge on any atom is -0.339 e. The van der Waals surface area contributed by atoms with Crippen LogP contribution in [0.25, 0.3) is 0 Å². The number of aromatic nitrogens is 2. The normalized spacial score (nSPS) is 11.2. The lowest BCUT2D eigenvalue weighted by atomic mass is 10.1. The minimum absolute atomic E-state index is 0.354.